The summed E-state index contributed by atoms with van der Waals surface area (Å²) < 4.78 is 16.9. The van der Waals surface area contributed by atoms with E-state index in [1.54, 1.807) is 0 Å². The minimum absolute atomic E-state index is 0.0847. The van der Waals surface area contributed by atoms with Crippen molar-refractivity contribution in [2.45, 2.75) is 309 Å². The van der Waals surface area contributed by atoms with Gasteiger partial charge in [0.1, 0.15) is 13.2 Å². The van der Waals surface area contributed by atoms with Crippen LogP contribution in [0.5, 0.6) is 0 Å². The molecule has 0 spiro atoms. The van der Waals surface area contributed by atoms with Crippen molar-refractivity contribution in [1.29, 1.82) is 0 Å². The Kier molecular flexibility index (Phi) is 64.3. The van der Waals surface area contributed by atoms with E-state index >= 15 is 0 Å². The van der Waals surface area contributed by atoms with Gasteiger partial charge >= 0.3 is 17.9 Å². The summed E-state index contributed by atoms with van der Waals surface area (Å²) in [7, 11) is 0. The van der Waals surface area contributed by atoms with Crippen molar-refractivity contribution in [1.82, 2.24) is 0 Å². The van der Waals surface area contributed by atoms with Crippen molar-refractivity contribution in [3.63, 3.8) is 0 Å². The molecule has 1 unspecified atom stereocenters. The van der Waals surface area contributed by atoms with Crippen LogP contribution in [0.2, 0.25) is 0 Å². The summed E-state index contributed by atoms with van der Waals surface area (Å²) >= 11 is 0. The summed E-state index contributed by atoms with van der Waals surface area (Å²) in [4.78, 5) is 38.2. The van der Waals surface area contributed by atoms with Crippen LogP contribution >= 0.6 is 0 Å². The summed E-state index contributed by atoms with van der Waals surface area (Å²) in [6, 6.07) is 0. The quantitative estimate of drug-likeness (QED) is 0.0261. The van der Waals surface area contributed by atoms with E-state index in [0.717, 1.165) is 141 Å². The summed E-state index contributed by atoms with van der Waals surface area (Å²) in [6.45, 7) is 6.37. The van der Waals surface area contributed by atoms with E-state index < -0.39 is 6.10 Å². The van der Waals surface area contributed by atoms with Gasteiger partial charge in [-0.15, -0.1) is 0 Å². The lowest BCUT2D eigenvalue weighted by atomic mass is 10.0. The summed E-state index contributed by atoms with van der Waals surface area (Å²) in [5.41, 5.74) is 0. The molecule has 0 saturated heterocycles. The topological polar surface area (TPSA) is 78.9 Å². The summed E-state index contributed by atoms with van der Waals surface area (Å²) in [6.07, 6.45) is 96.4. The normalized spacial score (nSPS) is 13.0. The third-order valence-corrected chi connectivity index (χ3v) is 14.2. The Bertz CT molecular complexity index is 1720. The average Bonchev–Trinajstić information content (AvgIpc) is 3.46. The number of hydrogen-bond acceptors (Lipinski definition) is 6. The van der Waals surface area contributed by atoms with Gasteiger partial charge in [-0.2, -0.15) is 0 Å². The number of ether oxygens (including phenoxy) is 3. The number of rotatable bonds is 60. The molecular weight excluding hydrogens is 997 g/mol. The number of unbranched alkanes of at least 4 members (excludes halogenated alkanes) is 27. The van der Waals surface area contributed by atoms with E-state index in [-0.39, 0.29) is 31.1 Å². The van der Waals surface area contributed by atoms with Crippen LogP contribution in [0.4, 0.5) is 0 Å². The highest BCUT2D eigenvalue weighted by molar-refractivity contribution is 5.71. The lowest BCUT2D eigenvalue weighted by molar-refractivity contribution is -0.167. The maximum atomic E-state index is 12.9. The Balaban J connectivity index is 4.13. The Hall–Kier alpha value is -4.45. The van der Waals surface area contributed by atoms with Crippen molar-refractivity contribution in [2.24, 2.45) is 0 Å². The van der Waals surface area contributed by atoms with E-state index in [0.29, 0.717) is 19.3 Å². The first kappa shape index (κ1) is 76.5. The summed E-state index contributed by atoms with van der Waals surface area (Å²) in [5, 5.41) is 0. The Morgan fingerprint density at radius 3 is 0.753 bits per heavy atom. The van der Waals surface area contributed by atoms with Gasteiger partial charge in [-0.3, -0.25) is 14.4 Å². The molecule has 0 saturated carbocycles. The highest BCUT2D eigenvalue weighted by Gasteiger charge is 2.19. The van der Waals surface area contributed by atoms with Gasteiger partial charge in [0.2, 0.25) is 0 Å². The molecule has 0 rings (SSSR count). The SMILES string of the molecule is CC/C=C\C/C=C\C/C=C\C/C=C\C/C=C\C/C=C\CCCCCCCCC(=O)OC(COC(=O)CCCCCCCCC)COC(=O)CCCCCCCCCCCCCCCCC/C=C\C/C=C\C/C=C\C/C=C\C/C=C\CC. The number of hydrogen-bond donors (Lipinski definition) is 0. The fourth-order valence-electron chi connectivity index (χ4n) is 9.18. The molecular formula is C75H124O6. The fraction of sp³-hybridized carbons (Fsp3) is 0.667. The molecule has 1 atom stereocenters. The van der Waals surface area contributed by atoms with E-state index in [9.17, 15) is 14.4 Å². The molecule has 0 bridgehead atoms. The van der Waals surface area contributed by atoms with E-state index in [1.165, 1.54) is 122 Å². The molecule has 0 aliphatic rings. The molecule has 0 radical (unpaired) electrons. The first-order chi connectivity index (χ1) is 40.0. The Labute approximate surface area is 500 Å². The van der Waals surface area contributed by atoms with Gasteiger partial charge in [0.25, 0.3) is 0 Å². The monoisotopic (exact) mass is 1120 g/mol. The van der Waals surface area contributed by atoms with Crippen LogP contribution in [-0.2, 0) is 28.6 Å². The Morgan fingerprint density at radius 2 is 0.481 bits per heavy atom. The van der Waals surface area contributed by atoms with Crippen LogP contribution in [0.1, 0.15) is 303 Å². The molecule has 81 heavy (non-hydrogen) atoms. The number of carbonyl (C=O) groups excluding carboxylic acids is 3. The van der Waals surface area contributed by atoms with Crippen molar-refractivity contribution in [3.05, 3.63) is 134 Å². The molecule has 0 fully saturated rings. The van der Waals surface area contributed by atoms with Gasteiger partial charge in [-0.05, 0) is 116 Å². The maximum Gasteiger partial charge on any atom is 0.306 e. The number of carbonyl (C=O) groups is 3. The van der Waals surface area contributed by atoms with Gasteiger partial charge in [0, 0.05) is 19.3 Å². The smallest absolute Gasteiger partial charge is 0.306 e. The molecule has 0 aliphatic heterocycles. The van der Waals surface area contributed by atoms with Gasteiger partial charge < -0.3 is 14.2 Å². The fourth-order valence-corrected chi connectivity index (χ4v) is 9.18. The van der Waals surface area contributed by atoms with Crippen molar-refractivity contribution >= 4 is 17.9 Å². The molecule has 0 aliphatic carbocycles. The standard InChI is InChI=1S/C75H124O6/c1-4-7-10-13-16-18-20-22-24-26-28-30-32-34-35-36-37-38-39-41-42-44-46-48-50-52-54-56-59-62-65-68-74(77)80-71-72(70-79-73(76)67-64-61-58-15-12-9-6-3)81-75(78)69-66-63-60-57-55-53-51-49-47-45-43-40-33-31-29-27-25-23-21-19-17-14-11-8-5-2/h7-8,10-11,16-19,22-25,28-31,34-35,40,43,47,49,72H,4-6,9,12-15,20-21,26-27,32-33,36-39,41-42,44-46,48,50-71H2,1-3H3/b10-7-,11-8-,18-16-,19-17-,24-22-,25-23-,30-28-,31-29-,35-34-,43-40-,49-47-. The second-order valence-corrected chi connectivity index (χ2v) is 22.0. The van der Waals surface area contributed by atoms with Crippen LogP contribution in [0.15, 0.2) is 134 Å². The zero-order valence-corrected chi connectivity index (χ0v) is 52.8. The molecule has 0 aromatic carbocycles. The zero-order valence-electron chi connectivity index (χ0n) is 52.8. The molecule has 0 aromatic rings. The van der Waals surface area contributed by atoms with Crippen LogP contribution < -0.4 is 0 Å². The van der Waals surface area contributed by atoms with E-state index in [4.69, 9.17) is 14.2 Å². The lowest BCUT2D eigenvalue weighted by Gasteiger charge is -2.18. The first-order valence-corrected chi connectivity index (χ1v) is 33.7. The second-order valence-electron chi connectivity index (χ2n) is 22.0. The third kappa shape index (κ3) is 66.2. The number of allylic oxidation sites excluding steroid dienone is 22. The highest BCUT2D eigenvalue weighted by atomic mass is 16.6. The average molecular weight is 1120 g/mol. The first-order valence-electron chi connectivity index (χ1n) is 33.7. The molecule has 0 heterocycles. The van der Waals surface area contributed by atoms with Crippen LogP contribution in [0.3, 0.4) is 0 Å². The molecule has 0 amide bonds. The van der Waals surface area contributed by atoms with E-state index in [1.807, 2.05) is 0 Å². The molecule has 0 N–H and O–H groups in total. The van der Waals surface area contributed by atoms with Gasteiger partial charge in [0.15, 0.2) is 6.10 Å². The number of esters is 3. The Morgan fingerprint density at radius 1 is 0.259 bits per heavy atom. The highest BCUT2D eigenvalue weighted by Crippen LogP contribution is 2.16. The third-order valence-electron chi connectivity index (χ3n) is 14.2. The van der Waals surface area contributed by atoms with Gasteiger partial charge in [-0.25, -0.2) is 0 Å². The minimum atomic E-state index is -0.787. The lowest BCUT2D eigenvalue weighted by Crippen LogP contribution is -2.30. The molecule has 0 aromatic heterocycles. The maximum absolute atomic E-state index is 12.9. The molecule has 6 heteroatoms. The van der Waals surface area contributed by atoms with Crippen LogP contribution in [-0.4, -0.2) is 37.2 Å². The van der Waals surface area contributed by atoms with Gasteiger partial charge in [-0.1, -0.05) is 302 Å². The van der Waals surface area contributed by atoms with E-state index in [2.05, 4.69) is 154 Å². The zero-order chi connectivity index (χ0) is 58.5. The van der Waals surface area contributed by atoms with Crippen molar-refractivity contribution in [3.8, 4) is 0 Å². The van der Waals surface area contributed by atoms with Crippen LogP contribution in [0, 0.1) is 0 Å². The largest absolute Gasteiger partial charge is 0.462 e. The predicted octanol–water partition coefficient (Wildman–Crippen LogP) is 23.3. The van der Waals surface area contributed by atoms with Crippen LogP contribution in [0.25, 0.3) is 0 Å². The molecule has 6 nitrogen and oxygen atoms in total. The predicted molar refractivity (Wildman–Crippen MR) is 353 cm³/mol. The second kappa shape index (κ2) is 68.1. The molecule has 460 valence electrons. The van der Waals surface area contributed by atoms with Gasteiger partial charge in [0.05, 0.1) is 0 Å². The van der Waals surface area contributed by atoms with Crippen molar-refractivity contribution < 1.29 is 28.6 Å². The minimum Gasteiger partial charge on any atom is -0.462 e. The van der Waals surface area contributed by atoms with Crippen molar-refractivity contribution in [2.75, 3.05) is 13.2 Å². The summed E-state index contributed by atoms with van der Waals surface area (Å²) in [5.74, 6) is -0.901.